The van der Waals surface area contributed by atoms with Crippen molar-refractivity contribution in [1.29, 1.82) is 0 Å². The molecule has 0 spiro atoms. The summed E-state index contributed by atoms with van der Waals surface area (Å²) in [4.78, 5) is 18.9. The van der Waals surface area contributed by atoms with Crippen LogP contribution in [0, 0.1) is 0 Å². The van der Waals surface area contributed by atoms with Gasteiger partial charge in [-0.05, 0) is 57.2 Å². The Bertz CT molecular complexity index is 618. The van der Waals surface area contributed by atoms with Gasteiger partial charge < -0.3 is 10.2 Å². The van der Waals surface area contributed by atoms with Gasteiger partial charge in [0.25, 0.3) is 5.91 Å². The summed E-state index contributed by atoms with van der Waals surface area (Å²) in [5, 5.41) is 4.14. The van der Waals surface area contributed by atoms with Crippen LogP contribution in [0.1, 0.15) is 23.2 Å². The standard InChI is InChI=1S/C16H19N3O/c1-19-9-6-14(7-10-19)18-16(20)13-4-5-15-12(11-13)3-2-8-17-15/h2-5,8,11,14H,6-7,9-10H2,1H3,(H,18,20). The van der Waals surface area contributed by atoms with Gasteiger partial charge in [0.1, 0.15) is 0 Å². The highest BCUT2D eigenvalue weighted by Gasteiger charge is 2.19. The molecule has 20 heavy (non-hydrogen) atoms. The molecule has 1 N–H and O–H groups in total. The van der Waals surface area contributed by atoms with Crippen molar-refractivity contribution in [3.8, 4) is 0 Å². The van der Waals surface area contributed by atoms with Gasteiger partial charge in [-0.25, -0.2) is 0 Å². The van der Waals surface area contributed by atoms with Crippen molar-refractivity contribution in [3.05, 3.63) is 42.1 Å². The van der Waals surface area contributed by atoms with Crippen LogP contribution in [0.25, 0.3) is 10.9 Å². The van der Waals surface area contributed by atoms with Gasteiger partial charge in [0.15, 0.2) is 0 Å². The van der Waals surface area contributed by atoms with Crippen LogP contribution in [0.4, 0.5) is 0 Å². The Labute approximate surface area is 118 Å². The minimum atomic E-state index is 0.0188. The molecular formula is C16H19N3O. The SMILES string of the molecule is CN1CCC(NC(=O)c2ccc3ncccc3c2)CC1. The smallest absolute Gasteiger partial charge is 0.251 e. The monoisotopic (exact) mass is 269 g/mol. The van der Waals surface area contributed by atoms with E-state index in [1.807, 2.05) is 30.3 Å². The predicted octanol–water partition coefficient (Wildman–Crippen LogP) is 2.06. The van der Waals surface area contributed by atoms with Gasteiger partial charge in [0, 0.05) is 23.2 Å². The van der Waals surface area contributed by atoms with E-state index in [2.05, 4.69) is 22.2 Å². The molecule has 0 aliphatic carbocycles. The van der Waals surface area contributed by atoms with Gasteiger partial charge >= 0.3 is 0 Å². The summed E-state index contributed by atoms with van der Waals surface area (Å²) in [6.45, 7) is 2.10. The van der Waals surface area contributed by atoms with Crippen LogP contribution in [0.5, 0.6) is 0 Å². The van der Waals surface area contributed by atoms with Crippen molar-refractivity contribution < 1.29 is 4.79 Å². The van der Waals surface area contributed by atoms with E-state index in [4.69, 9.17) is 0 Å². The molecule has 2 heterocycles. The lowest BCUT2D eigenvalue weighted by Gasteiger charge is -2.29. The quantitative estimate of drug-likeness (QED) is 0.907. The number of carbonyl (C=O) groups is 1. The fourth-order valence-corrected chi connectivity index (χ4v) is 2.64. The van der Waals surface area contributed by atoms with Crippen molar-refractivity contribution in [2.45, 2.75) is 18.9 Å². The number of amides is 1. The Morgan fingerprint density at radius 3 is 2.90 bits per heavy atom. The topological polar surface area (TPSA) is 45.2 Å². The molecule has 0 bridgehead atoms. The van der Waals surface area contributed by atoms with Gasteiger partial charge in [-0.15, -0.1) is 0 Å². The highest BCUT2D eigenvalue weighted by Crippen LogP contribution is 2.14. The maximum atomic E-state index is 12.3. The zero-order valence-corrected chi connectivity index (χ0v) is 11.7. The third kappa shape index (κ3) is 2.80. The molecule has 3 rings (SSSR count). The zero-order valence-electron chi connectivity index (χ0n) is 11.7. The van der Waals surface area contributed by atoms with E-state index in [0.29, 0.717) is 11.6 Å². The summed E-state index contributed by atoms with van der Waals surface area (Å²) in [6, 6.07) is 9.82. The van der Waals surface area contributed by atoms with E-state index < -0.39 is 0 Å². The second-order valence-corrected chi connectivity index (χ2v) is 5.46. The molecule has 1 amide bonds. The molecule has 1 aromatic carbocycles. The maximum Gasteiger partial charge on any atom is 0.251 e. The molecule has 4 nitrogen and oxygen atoms in total. The van der Waals surface area contributed by atoms with Gasteiger partial charge in [-0.3, -0.25) is 9.78 Å². The van der Waals surface area contributed by atoms with Crippen molar-refractivity contribution in [2.24, 2.45) is 0 Å². The van der Waals surface area contributed by atoms with Crippen molar-refractivity contribution in [1.82, 2.24) is 15.2 Å². The summed E-state index contributed by atoms with van der Waals surface area (Å²) >= 11 is 0. The zero-order chi connectivity index (χ0) is 13.9. The summed E-state index contributed by atoms with van der Waals surface area (Å²) in [5.74, 6) is 0.0188. The first-order valence-corrected chi connectivity index (χ1v) is 7.06. The van der Waals surface area contributed by atoms with E-state index >= 15 is 0 Å². The van der Waals surface area contributed by atoms with Crippen LogP contribution in [-0.2, 0) is 0 Å². The number of pyridine rings is 1. The van der Waals surface area contributed by atoms with Gasteiger partial charge in [0.2, 0.25) is 0 Å². The van der Waals surface area contributed by atoms with E-state index in [9.17, 15) is 4.79 Å². The number of carbonyl (C=O) groups excluding carboxylic acids is 1. The fourth-order valence-electron chi connectivity index (χ4n) is 2.64. The normalized spacial score (nSPS) is 17.2. The Morgan fingerprint density at radius 2 is 2.10 bits per heavy atom. The first kappa shape index (κ1) is 13.1. The minimum Gasteiger partial charge on any atom is -0.349 e. The second kappa shape index (κ2) is 5.59. The van der Waals surface area contributed by atoms with Crippen LogP contribution in [-0.4, -0.2) is 42.0 Å². The number of nitrogens with one attached hydrogen (secondary N) is 1. The molecule has 2 aromatic rings. The highest BCUT2D eigenvalue weighted by molar-refractivity contribution is 5.98. The number of rotatable bonds is 2. The molecule has 1 fully saturated rings. The summed E-state index contributed by atoms with van der Waals surface area (Å²) in [5.41, 5.74) is 1.63. The van der Waals surface area contributed by atoms with Crippen LogP contribution in [0.3, 0.4) is 0 Å². The Morgan fingerprint density at radius 1 is 1.30 bits per heavy atom. The Balaban J connectivity index is 1.72. The number of benzene rings is 1. The molecule has 1 saturated heterocycles. The van der Waals surface area contributed by atoms with Crippen molar-refractivity contribution in [2.75, 3.05) is 20.1 Å². The van der Waals surface area contributed by atoms with Gasteiger partial charge in [0.05, 0.1) is 5.52 Å². The van der Waals surface area contributed by atoms with Crippen LogP contribution in [0.15, 0.2) is 36.5 Å². The predicted molar refractivity (Wildman–Crippen MR) is 79.7 cm³/mol. The molecule has 0 radical (unpaired) electrons. The molecule has 104 valence electrons. The number of hydrogen-bond donors (Lipinski definition) is 1. The first-order valence-electron chi connectivity index (χ1n) is 7.06. The average Bonchev–Trinajstić information content (AvgIpc) is 2.49. The van der Waals surface area contributed by atoms with Crippen LogP contribution in [0.2, 0.25) is 0 Å². The Hall–Kier alpha value is -1.94. The highest BCUT2D eigenvalue weighted by atomic mass is 16.1. The van der Waals surface area contributed by atoms with E-state index in [1.54, 1.807) is 6.20 Å². The van der Waals surface area contributed by atoms with Gasteiger partial charge in [-0.2, -0.15) is 0 Å². The summed E-state index contributed by atoms with van der Waals surface area (Å²) in [7, 11) is 2.12. The third-order valence-corrected chi connectivity index (χ3v) is 3.92. The number of piperidine rings is 1. The lowest BCUT2D eigenvalue weighted by atomic mass is 10.0. The molecular weight excluding hydrogens is 250 g/mol. The molecule has 0 unspecified atom stereocenters. The van der Waals surface area contributed by atoms with E-state index in [-0.39, 0.29) is 5.91 Å². The number of fused-ring (bicyclic) bond motifs is 1. The minimum absolute atomic E-state index is 0.0188. The van der Waals surface area contributed by atoms with Crippen molar-refractivity contribution >= 4 is 16.8 Å². The molecule has 1 aliphatic rings. The number of likely N-dealkylation sites (tertiary alicyclic amines) is 1. The fraction of sp³-hybridized carbons (Fsp3) is 0.375. The second-order valence-electron chi connectivity index (χ2n) is 5.46. The Kier molecular flexibility index (Phi) is 3.65. The van der Waals surface area contributed by atoms with Crippen molar-refractivity contribution in [3.63, 3.8) is 0 Å². The van der Waals surface area contributed by atoms with E-state index in [0.717, 1.165) is 36.8 Å². The molecule has 0 atom stereocenters. The number of aromatic nitrogens is 1. The summed E-state index contributed by atoms with van der Waals surface area (Å²) < 4.78 is 0. The number of hydrogen-bond acceptors (Lipinski definition) is 3. The molecule has 1 aliphatic heterocycles. The van der Waals surface area contributed by atoms with Gasteiger partial charge in [-0.1, -0.05) is 6.07 Å². The third-order valence-electron chi connectivity index (χ3n) is 3.92. The van der Waals surface area contributed by atoms with Crippen LogP contribution < -0.4 is 5.32 Å². The number of nitrogens with zero attached hydrogens (tertiary/aromatic N) is 2. The van der Waals surface area contributed by atoms with Crippen LogP contribution >= 0.6 is 0 Å². The van der Waals surface area contributed by atoms with E-state index in [1.165, 1.54) is 0 Å². The summed E-state index contributed by atoms with van der Waals surface area (Å²) in [6.07, 6.45) is 3.81. The molecule has 0 saturated carbocycles. The molecule has 1 aromatic heterocycles. The lowest BCUT2D eigenvalue weighted by molar-refractivity contribution is 0.0917. The lowest BCUT2D eigenvalue weighted by Crippen LogP contribution is -2.43. The largest absolute Gasteiger partial charge is 0.349 e. The first-order chi connectivity index (χ1) is 9.72. The average molecular weight is 269 g/mol. The maximum absolute atomic E-state index is 12.3. The molecule has 4 heteroatoms.